The van der Waals surface area contributed by atoms with Crippen molar-refractivity contribution in [3.8, 4) is 0 Å². The molecule has 328 valence electrons. The number of nitrogens with zero attached hydrogens (tertiary/aromatic N) is 4. The van der Waals surface area contributed by atoms with E-state index in [4.69, 9.17) is 0 Å². The van der Waals surface area contributed by atoms with E-state index in [1.54, 1.807) is 42.5 Å². The first-order valence-electron chi connectivity index (χ1n) is 21.2. The first-order chi connectivity index (χ1) is 29.2. The summed E-state index contributed by atoms with van der Waals surface area (Å²) in [4.78, 5) is 4.59. The molecule has 0 amide bonds. The summed E-state index contributed by atoms with van der Waals surface area (Å²) in [6, 6.07) is 36.2. The molecule has 0 saturated heterocycles. The number of anilines is 4. The Balaban J connectivity index is 1.54. The zero-order valence-corrected chi connectivity index (χ0v) is 38.6. The molecule has 0 aliphatic rings. The third kappa shape index (κ3) is 10.9. The molecular formula is C47H60N4O7S3. The van der Waals surface area contributed by atoms with Crippen molar-refractivity contribution in [2.24, 2.45) is 0 Å². The Kier molecular flexibility index (Phi) is 16.3. The van der Waals surface area contributed by atoms with Gasteiger partial charge in [-0.05, 0) is 108 Å². The topological polar surface area (TPSA) is 136 Å². The van der Waals surface area contributed by atoms with Gasteiger partial charge in [0.25, 0.3) is 10.1 Å². The Bertz CT molecular complexity index is 2370. The quantitative estimate of drug-likeness (QED) is 0.0532. The zero-order valence-electron chi connectivity index (χ0n) is 36.1. The highest BCUT2D eigenvalue weighted by molar-refractivity contribution is 7.89. The maximum atomic E-state index is 13.2. The molecule has 0 bridgehead atoms. The number of rotatable bonds is 22. The summed E-state index contributed by atoms with van der Waals surface area (Å²) in [5.74, 6) is -0.580. The summed E-state index contributed by atoms with van der Waals surface area (Å²) >= 11 is 0. The van der Waals surface area contributed by atoms with E-state index in [-0.39, 0.29) is 14.7 Å². The Hall–Kier alpha value is -4.57. The largest absolute Gasteiger partial charge is 0.341 e. The monoisotopic (exact) mass is 888 g/mol. The molecule has 5 aromatic rings. The van der Waals surface area contributed by atoms with E-state index in [9.17, 15) is 29.8 Å². The fourth-order valence-corrected chi connectivity index (χ4v) is 11.3. The van der Waals surface area contributed by atoms with Crippen LogP contribution in [0.15, 0.2) is 136 Å². The van der Waals surface area contributed by atoms with Crippen LogP contribution in [0, 0.1) is 0 Å². The van der Waals surface area contributed by atoms with E-state index in [1.165, 1.54) is 14.7 Å². The molecule has 0 unspecified atom stereocenters. The minimum absolute atomic E-state index is 0.179. The summed E-state index contributed by atoms with van der Waals surface area (Å²) in [6.07, 6.45) is 3.69. The van der Waals surface area contributed by atoms with E-state index in [0.29, 0.717) is 44.8 Å². The Morgan fingerprint density at radius 3 is 1.10 bits per heavy atom. The number of benzene rings is 5. The Morgan fingerprint density at radius 1 is 0.459 bits per heavy atom. The van der Waals surface area contributed by atoms with Gasteiger partial charge in [0.15, 0.2) is 0 Å². The van der Waals surface area contributed by atoms with Gasteiger partial charge in [0.1, 0.15) is 0 Å². The highest BCUT2D eigenvalue weighted by Crippen LogP contribution is 2.39. The highest BCUT2D eigenvalue weighted by atomic mass is 32.2. The molecule has 0 aliphatic heterocycles. The second kappa shape index (κ2) is 21.0. The summed E-state index contributed by atoms with van der Waals surface area (Å²) in [6.45, 7) is 14.4. The van der Waals surface area contributed by atoms with Crippen molar-refractivity contribution in [2.75, 3.05) is 49.1 Å². The fourth-order valence-electron chi connectivity index (χ4n) is 7.67. The maximum Gasteiger partial charge on any atom is 0.294 e. The molecular weight excluding hydrogens is 829 g/mol. The molecule has 0 aromatic heterocycles. The van der Waals surface area contributed by atoms with Crippen LogP contribution in [-0.4, -0.2) is 77.7 Å². The number of sulfonamides is 2. The van der Waals surface area contributed by atoms with Crippen molar-refractivity contribution in [2.45, 2.75) is 87.8 Å². The van der Waals surface area contributed by atoms with Crippen LogP contribution >= 0.6 is 0 Å². The SMILES string of the molecule is CCCCN(c1ccc(C(c2ccc(N(CCCC)c3ccc(S(=O)(=O)N(CC)CC)cc3)cc2)c2ccccc2S(=O)(=O)O)cc1)c1ccc(S(=O)(=O)N(CC)CC)cc1. The molecule has 1 N–H and O–H groups in total. The first-order valence-corrected chi connectivity index (χ1v) is 25.5. The van der Waals surface area contributed by atoms with Crippen LogP contribution in [-0.2, 0) is 30.2 Å². The molecule has 0 radical (unpaired) electrons. The lowest BCUT2D eigenvalue weighted by Crippen LogP contribution is -2.30. The molecule has 11 nitrogen and oxygen atoms in total. The molecule has 5 aromatic carbocycles. The van der Waals surface area contributed by atoms with Gasteiger partial charge in [-0.3, -0.25) is 4.55 Å². The van der Waals surface area contributed by atoms with Crippen molar-refractivity contribution in [3.63, 3.8) is 0 Å². The predicted molar refractivity (Wildman–Crippen MR) is 247 cm³/mol. The van der Waals surface area contributed by atoms with Crippen LogP contribution < -0.4 is 9.80 Å². The second-order valence-corrected chi connectivity index (χ2v) is 20.1. The van der Waals surface area contributed by atoms with Crippen molar-refractivity contribution < 1.29 is 29.8 Å². The average molecular weight is 889 g/mol. The van der Waals surface area contributed by atoms with Crippen molar-refractivity contribution >= 4 is 52.9 Å². The molecule has 0 atom stereocenters. The summed E-state index contributed by atoms with van der Waals surface area (Å²) in [5, 5.41) is 0. The predicted octanol–water partition coefficient (Wildman–Crippen LogP) is 10.1. The van der Waals surface area contributed by atoms with Gasteiger partial charge in [0, 0.05) is 67.9 Å². The molecule has 0 spiro atoms. The van der Waals surface area contributed by atoms with Crippen LogP contribution in [0.4, 0.5) is 22.7 Å². The standard InChI is InChI=1S/C47H60N4O7S3/c1-7-13-35-50(41-27-31-43(32-28-41)59(52,53)48(9-3)10-4)39-23-19-37(20-24-39)47(45-17-15-16-18-46(45)61(56,57)58)38-21-25-40(26-22-38)51(36-14-8-2)42-29-33-44(34-30-42)60(54,55)49(11-5)12-6/h15-34,47H,7-14,35-36H2,1-6H3,(H,56,57,58). The minimum Gasteiger partial charge on any atom is -0.341 e. The first kappa shape index (κ1) is 47.5. The lowest BCUT2D eigenvalue weighted by molar-refractivity contribution is 0.444. The van der Waals surface area contributed by atoms with E-state index in [1.807, 2.05) is 100 Å². The van der Waals surface area contributed by atoms with Gasteiger partial charge in [-0.1, -0.05) is 96.8 Å². The lowest BCUT2D eigenvalue weighted by atomic mass is 9.85. The van der Waals surface area contributed by atoms with E-state index < -0.39 is 36.1 Å². The van der Waals surface area contributed by atoms with Gasteiger partial charge < -0.3 is 9.80 Å². The number of unbranched alkanes of at least 4 members (excludes halogenated alkanes) is 2. The van der Waals surface area contributed by atoms with Crippen LogP contribution in [0.1, 0.15) is 89.8 Å². The van der Waals surface area contributed by atoms with E-state index >= 15 is 0 Å². The van der Waals surface area contributed by atoms with E-state index in [0.717, 1.165) is 59.6 Å². The normalized spacial score (nSPS) is 12.4. The minimum atomic E-state index is -4.58. The average Bonchev–Trinajstić information content (AvgIpc) is 3.26. The molecule has 5 rings (SSSR count). The second-order valence-electron chi connectivity index (χ2n) is 14.8. The van der Waals surface area contributed by atoms with Gasteiger partial charge >= 0.3 is 0 Å². The van der Waals surface area contributed by atoms with Crippen molar-refractivity contribution in [1.82, 2.24) is 8.61 Å². The number of hydrogen-bond acceptors (Lipinski definition) is 8. The zero-order chi connectivity index (χ0) is 44.4. The summed E-state index contributed by atoms with van der Waals surface area (Å²) < 4.78 is 91.7. The Labute approximate surface area is 364 Å². The van der Waals surface area contributed by atoms with Gasteiger partial charge in [-0.25, -0.2) is 16.8 Å². The van der Waals surface area contributed by atoms with E-state index in [2.05, 4.69) is 23.6 Å². The maximum absolute atomic E-state index is 13.2. The van der Waals surface area contributed by atoms with Crippen molar-refractivity contribution in [3.05, 3.63) is 138 Å². The number of hydrogen-bond donors (Lipinski definition) is 1. The third-order valence-corrected chi connectivity index (χ3v) is 16.1. The molecule has 0 saturated carbocycles. The van der Waals surface area contributed by atoms with Gasteiger partial charge in [0.2, 0.25) is 20.0 Å². The Morgan fingerprint density at radius 2 is 0.787 bits per heavy atom. The molecule has 0 aliphatic carbocycles. The lowest BCUT2D eigenvalue weighted by Gasteiger charge is -2.28. The van der Waals surface area contributed by atoms with Gasteiger partial charge in [0.05, 0.1) is 14.7 Å². The summed E-state index contributed by atoms with van der Waals surface area (Å²) in [7, 11) is -11.8. The van der Waals surface area contributed by atoms with Crippen LogP contribution in [0.5, 0.6) is 0 Å². The molecule has 61 heavy (non-hydrogen) atoms. The van der Waals surface area contributed by atoms with Crippen molar-refractivity contribution in [1.29, 1.82) is 0 Å². The van der Waals surface area contributed by atoms with Gasteiger partial charge in [-0.2, -0.15) is 17.0 Å². The molecule has 14 heteroatoms. The summed E-state index contributed by atoms with van der Waals surface area (Å²) in [5.41, 5.74) is 5.49. The smallest absolute Gasteiger partial charge is 0.294 e. The van der Waals surface area contributed by atoms with Gasteiger partial charge in [-0.15, -0.1) is 0 Å². The molecule has 0 heterocycles. The van der Waals surface area contributed by atoms with Crippen LogP contribution in [0.25, 0.3) is 0 Å². The molecule has 0 fully saturated rings. The van der Waals surface area contributed by atoms with Crippen LogP contribution in [0.2, 0.25) is 0 Å². The highest BCUT2D eigenvalue weighted by Gasteiger charge is 2.27. The fraction of sp³-hybridized carbons (Fsp3) is 0.362. The van der Waals surface area contributed by atoms with Crippen LogP contribution in [0.3, 0.4) is 0 Å². The third-order valence-electron chi connectivity index (χ3n) is 11.0.